The minimum Gasteiger partial charge on any atom is -0.393 e. The second-order valence-electron chi connectivity index (χ2n) is 5.63. The summed E-state index contributed by atoms with van der Waals surface area (Å²) < 4.78 is 0. The molecular weight excluding hydrogens is 315 g/mol. The Morgan fingerprint density at radius 1 is 1.05 bits per heavy atom. The van der Waals surface area contributed by atoms with E-state index < -0.39 is 0 Å². The van der Waals surface area contributed by atoms with Crippen molar-refractivity contribution in [1.29, 1.82) is 0 Å². The predicted octanol–water partition coefficient (Wildman–Crippen LogP) is 5.78. The summed E-state index contributed by atoms with van der Waals surface area (Å²) in [5, 5.41) is 11.2. The molecule has 0 fully saturated rings. The molecule has 1 N–H and O–H groups in total. The molecule has 22 heavy (non-hydrogen) atoms. The Bertz CT molecular complexity index is 614. The van der Waals surface area contributed by atoms with Crippen LogP contribution in [0.4, 0.5) is 0 Å². The molecule has 0 spiro atoms. The van der Waals surface area contributed by atoms with E-state index in [4.69, 9.17) is 23.2 Å². The van der Waals surface area contributed by atoms with E-state index in [2.05, 4.69) is 37.8 Å². The Morgan fingerprint density at radius 3 is 2.18 bits per heavy atom. The SMILES string of the molecule is C=CC[C@H](O)[C@H](C)Cc1ccc(-c2cc(Cl)cc(Cl)c2)cc1. The van der Waals surface area contributed by atoms with E-state index in [0.717, 1.165) is 17.5 Å². The van der Waals surface area contributed by atoms with Crippen molar-refractivity contribution >= 4 is 23.2 Å². The minimum atomic E-state index is -0.344. The maximum Gasteiger partial charge on any atom is 0.0603 e. The van der Waals surface area contributed by atoms with Crippen LogP contribution in [0.25, 0.3) is 11.1 Å². The first-order chi connectivity index (χ1) is 10.5. The van der Waals surface area contributed by atoms with Gasteiger partial charge in [-0.15, -0.1) is 6.58 Å². The monoisotopic (exact) mass is 334 g/mol. The van der Waals surface area contributed by atoms with E-state index in [9.17, 15) is 5.11 Å². The van der Waals surface area contributed by atoms with Gasteiger partial charge in [-0.05, 0) is 53.6 Å². The van der Waals surface area contributed by atoms with Gasteiger partial charge in [0.2, 0.25) is 0 Å². The lowest BCUT2D eigenvalue weighted by atomic mass is 9.93. The zero-order valence-corrected chi connectivity index (χ0v) is 14.1. The van der Waals surface area contributed by atoms with Crippen molar-refractivity contribution in [3.63, 3.8) is 0 Å². The molecule has 0 bridgehead atoms. The summed E-state index contributed by atoms with van der Waals surface area (Å²) in [6.07, 6.45) is 2.88. The van der Waals surface area contributed by atoms with Gasteiger partial charge in [0.25, 0.3) is 0 Å². The van der Waals surface area contributed by atoms with Crippen molar-refractivity contribution in [2.45, 2.75) is 25.9 Å². The third kappa shape index (κ3) is 4.61. The molecule has 0 amide bonds. The van der Waals surface area contributed by atoms with Gasteiger partial charge in [-0.1, -0.05) is 60.5 Å². The summed E-state index contributed by atoms with van der Waals surface area (Å²) in [6, 6.07) is 13.8. The molecule has 2 aromatic carbocycles. The van der Waals surface area contributed by atoms with E-state index in [-0.39, 0.29) is 12.0 Å². The van der Waals surface area contributed by atoms with Gasteiger partial charge in [-0.3, -0.25) is 0 Å². The number of halogens is 2. The lowest BCUT2D eigenvalue weighted by molar-refractivity contribution is 0.119. The summed E-state index contributed by atoms with van der Waals surface area (Å²) in [6.45, 7) is 5.72. The molecule has 2 aromatic rings. The molecule has 0 aliphatic rings. The van der Waals surface area contributed by atoms with Crippen LogP contribution in [0.1, 0.15) is 18.9 Å². The second kappa shape index (κ2) is 7.82. The fourth-order valence-electron chi connectivity index (χ4n) is 2.46. The van der Waals surface area contributed by atoms with Crippen molar-refractivity contribution in [3.8, 4) is 11.1 Å². The normalized spacial score (nSPS) is 13.6. The summed E-state index contributed by atoms with van der Waals surface area (Å²) in [5.74, 6) is 0.199. The first-order valence-corrected chi connectivity index (χ1v) is 8.09. The molecule has 0 aliphatic carbocycles. The zero-order chi connectivity index (χ0) is 16.1. The van der Waals surface area contributed by atoms with Crippen LogP contribution < -0.4 is 0 Å². The second-order valence-corrected chi connectivity index (χ2v) is 6.50. The molecular formula is C19H20Cl2O. The van der Waals surface area contributed by atoms with Crippen molar-refractivity contribution in [2.24, 2.45) is 5.92 Å². The Balaban J connectivity index is 2.11. The summed E-state index contributed by atoms with van der Waals surface area (Å²) in [4.78, 5) is 0. The first-order valence-electron chi connectivity index (χ1n) is 7.34. The lowest BCUT2D eigenvalue weighted by Gasteiger charge is -2.17. The van der Waals surface area contributed by atoms with Gasteiger partial charge >= 0.3 is 0 Å². The van der Waals surface area contributed by atoms with Gasteiger partial charge in [0.05, 0.1) is 6.10 Å². The van der Waals surface area contributed by atoms with Crippen molar-refractivity contribution in [2.75, 3.05) is 0 Å². The van der Waals surface area contributed by atoms with E-state index in [1.165, 1.54) is 5.56 Å². The molecule has 116 valence electrons. The van der Waals surface area contributed by atoms with Gasteiger partial charge < -0.3 is 5.11 Å². The molecule has 0 aromatic heterocycles. The molecule has 0 radical (unpaired) electrons. The van der Waals surface area contributed by atoms with Crippen LogP contribution in [-0.2, 0) is 6.42 Å². The standard InChI is InChI=1S/C19H20Cl2O/c1-3-4-19(22)13(2)9-14-5-7-15(8-6-14)16-10-17(20)12-18(21)11-16/h3,5-8,10-13,19,22H,1,4,9H2,2H3/t13-,19+/m1/s1. The highest BCUT2D eigenvalue weighted by Crippen LogP contribution is 2.28. The van der Waals surface area contributed by atoms with E-state index in [1.807, 2.05) is 12.1 Å². The molecule has 0 saturated carbocycles. The maximum absolute atomic E-state index is 9.97. The molecule has 2 rings (SSSR count). The largest absolute Gasteiger partial charge is 0.393 e. The summed E-state index contributed by atoms with van der Waals surface area (Å²) in [7, 11) is 0. The van der Waals surface area contributed by atoms with Crippen LogP contribution in [-0.4, -0.2) is 11.2 Å². The predicted molar refractivity (Wildman–Crippen MR) is 95.6 cm³/mol. The van der Waals surface area contributed by atoms with Crippen LogP contribution in [0.3, 0.4) is 0 Å². The Kier molecular flexibility index (Phi) is 6.07. The average Bonchev–Trinajstić information content (AvgIpc) is 2.47. The highest BCUT2D eigenvalue weighted by Gasteiger charge is 2.13. The van der Waals surface area contributed by atoms with Crippen LogP contribution >= 0.6 is 23.2 Å². The lowest BCUT2D eigenvalue weighted by Crippen LogP contribution is -2.18. The molecule has 1 nitrogen and oxygen atoms in total. The first kappa shape index (κ1) is 17.1. The number of hydrogen-bond acceptors (Lipinski definition) is 1. The van der Waals surface area contributed by atoms with Gasteiger partial charge in [-0.25, -0.2) is 0 Å². The van der Waals surface area contributed by atoms with Crippen molar-refractivity contribution < 1.29 is 5.11 Å². The fraction of sp³-hybridized carbons (Fsp3) is 0.263. The van der Waals surface area contributed by atoms with Gasteiger partial charge in [0.1, 0.15) is 0 Å². The zero-order valence-electron chi connectivity index (χ0n) is 12.6. The Labute approximate surface area is 142 Å². The fourth-order valence-corrected chi connectivity index (χ4v) is 2.99. The summed E-state index contributed by atoms with van der Waals surface area (Å²) in [5.41, 5.74) is 3.28. The summed E-state index contributed by atoms with van der Waals surface area (Å²) >= 11 is 12.1. The molecule has 0 heterocycles. The molecule has 2 atom stereocenters. The molecule has 0 saturated heterocycles. The molecule has 3 heteroatoms. The topological polar surface area (TPSA) is 20.2 Å². The molecule has 0 unspecified atom stereocenters. The van der Waals surface area contributed by atoms with Crippen LogP contribution in [0, 0.1) is 5.92 Å². The molecule has 0 aliphatic heterocycles. The van der Waals surface area contributed by atoms with E-state index in [0.29, 0.717) is 16.5 Å². The third-order valence-corrected chi connectivity index (χ3v) is 4.21. The Morgan fingerprint density at radius 2 is 1.64 bits per heavy atom. The average molecular weight is 335 g/mol. The van der Waals surface area contributed by atoms with E-state index >= 15 is 0 Å². The highest BCUT2D eigenvalue weighted by molar-refractivity contribution is 6.35. The smallest absolute Gasteiger partial charge is 0.0603 e. The van der Waals surface area contributed by atoms with Crippen molar-refractivity contribution in [1.82, 2.24) is 0 Å². The number of hydrogen-bond donors (Lipinski definition) is 1. The number of aliphatic hydroxyl groups excluding tert-OH is 1. The van der Waals surface area contributed by atoms with Crippen LogP contribution in [0.5, 0.6) is 0 Å². The Hall–Kier alpha value is -1.28. The quantitative estimate of drug-likeness (QED) is 0.664. The van der Waals surface area contributed by atoms with Crippen LogP contribution in [0.2, 0.25) is 10.0 Å². The van der Waals surface area contributed by atoms with Gasteiger partial charge in [0.15, 0.2) is 0 Å². The maximum atomic E-state index is 9.97. The van der Waals surface area contributed by atoms with Crippen LogP contribution in [0.15, 0.2) is 55.1 Å². The van der Waals surface area contributed by atoms with Gasteiger partial charge in [-0.2, -0.15) is 0 Å². The third-order valence-electron chi connectivity index (χ3n) is 3.77. The van der Waals surface area contributed by atoms with Gasteiger partial charge in [0, 0.05) is 10.0 Å². The number of rotatable bonds is 6. The highest BCUT2D eigenvalue weighted by atomic mass is 35.5. The van der Waals surface area contributed by atoms with Crippen molar-refractivity contribution in [3.05, 3.63) is 70.7 Å². The van der Waals surface area contributed by atoms with E-state index in [1.54, 1.807) is 12.1 Å². The number of benzene rings is 2. The number of aliphatic hydroxyl groups is 1. The minimum absolute atomic E-state index is 0.199.